The Hall–Kier alpha value is -2.81. The van der Waals surface area contributed by atoms with E-state index in [2.05, 4.69) is 6.07 Å². The van der Waals surface area contributed by atoms with Gasteiger partial charge in [0.05, 0.1) is 19.8 Å². The molecule has 0 spiro atoms. The van der Waals surface area contributed by atoms with Crippen molar-refractivity contribution in [2.75, 3.05) is 20.3 Å². The zero-order valence-electron chi connectivity index (χ0n) is 17.0. The molecule has 4 atom stereocenters. The molecule has 29 heavy (non-hydrogen) atoms. The molecule has 3 rings (SSSR count). The number of hydrogen-bond acceptors (Lipinski definition) is 5. The first-order valence-corrected chi connectivity index (χ1v) is 10.2. The van der Waals surface area contributed by atoms with Gasteiger partial charge in [-0.1, -0.05) is 30.3 Å². The molecule has 1 aromatic rings. The summed E-state index contributed by atoms with van der Waals surface area (Å²) in [4.78, 5) is 26.3. The lowest BCUT2D eigenvalue weighted by atomic mass is 9.66. The summed E-state index contributed by atoms with van der Waals surface area (Å²) in [7, 11) is 1.34. The maximum atomic E-state index is 12.5. The van der Waals surface area contributed by atoms with Gasteiger partial charge in [0, 0.05) is 12.6 Å². The number of ether oxygens (including phenoxy) is 2. The number of carbonyl (C=O) groups is 2. The Labute approximate surface area is 172 Å². The number of fused-ring (bicyclic) bond motifs is 1. The van der Waals surface area contributed by atoms with E-state index in [1.165, 1.54) is 12.0 Å². The summed E-state index contributed by atoms with van der Waals surface area (Å²) in [5, 5.41) is 9.31. The molecule has 1 saturated heterocycles. The number of nitrogens with zero attached hydrogens (tertiary/aromatic N) is 2. The second-order valence-corrected chi connectivity index (χ2v) is 7.75. The first-order chi connectivity index (χ1) is 14.1. The molecule has 1 amide bonds. The van der Waals surface area contributed by atoms with Gasteiger partial charge in [-0.3, -0.25) is 4.90 Å². The molecule has 1 aromatic carbocycles. The minimum atomic E-state index is -0.609. The van der Waals surface area contributed by atoms with E-state index in [4.69, 9.17) is 9.47 Å². The monoisotopic (exact) mass is 396 g/mol. The van der Waals surface area contributed by atoms with E-state index in [9.17, 15) is 14.9 Å². The quantitative estimate of drug-likeness (QED) is 0.567. The van der Waals surface area contributed by atoms with Gasteiger partial charge in [0.2, 0.25) is 0 Å². The summed E-state index contributed by atoms with van der Waals surface area (Å²) in [6.45, 7) is 2.56. The molecule has 6 nitrogen and oxygen atoms in total. The topological polar surface area (TPSA) is 79.6 Å². The van der Waals surface area contributed by atoms with Crippen LogP contribution in [0.4, 0.5) is 4.79 Å². The van der Waals surface area contributed by atoms with Crippen molar-refractivity contribution in [3.63, 3.8) is 0 Å². The van der Waals surface area contributed by atoms with Crippen LogP contribution < -0.4 is 0 Å². The fraction of sp³-hybridized carbons (Fsp3) is 0.522. The van der Waals surface area contributed by atoms with Crippen molar-refractivity contribution in [3.8, 4) is 6.07 Å². The Morgan fingerprint density at radius 2 is 1.97 bits per heavy atom. The van der Waals surface area contributed by atoms with Gasteiger partial charge in [-0.2, -0.15) is 5.26 Å². The van der Waals surface area contributed by atoms with Crippen LogP contribution in [-0.2, 0) is 14.3 Å². The summed E-state index contributed by atoms with van der Waals surface area (Å²) in [6.07, 6.45) is 4.57. The number of allylic oxidation sites excluding steroid dienone is 2. The maximum Gasteiger partial charge on any atom is 0.410 e. The van der Waals surface area contributed by atoms with Crippen LogP contribution in [-0.4, -0.2) is 43.3 Å². The Bertz CT molecular complexity index is 799. The number of esters is 1. The number of methoxy groups -OCH3 is 1. The van der Waals surface area contributed by atoms with Crippen molar-refractivity contribution in [2.45, 2.75) is 38.6 Å². The second-order valence-electron chi connectivity index (χ2n) is 7.75. The van der Waals surface area contributed by atoms with Crippen LogP contribution in [0.2, 0.25) is 0 Å². The first-order valence-electron chi connectivity index (χ1n) is 10.2. The number of hydrogen-bond donors (Lipinski definition) is 0. The molecule has 0 bridgehead atoms. The average molecular weight is 396 g/mol. The predicted octanol–water partition coefficient (Wildman–Crippen LogP) is 4.03. The van der Waals surface area contributed by atoms with E-state index in [1.807, 2.05) is 30.3 Å². The van der Waals surface area contributed by atoms with Gasteiger partial charge < -0.3 is 9.47 Å². The normalized spacial score (nSPS) is 26.8. The van der Waals surface area contributed by atoms with Crippen molar-refractivity contribution in [1.82, 2.24) is 4.90 Å². The number of nitriles is 1. The van der Waals surface area contributed by atoms with Crippen LogP contribution in [0, 0.1) is 29.1 Å². The number of likely N-dealkylation sites (tertiary alicyclic amines) is 1. The first kappa shape index (κ1) is 20.9. The van der Waals surface area contributed by atoms with Crippen molar-refractivity contribution in [3.05, 3.63) is 42.0 Å². The fourth-order valence-electron chi connectivity index (χ4n) is 4.85. The van der Waals surface area contributed by atoms with Crippen LogP contribution in [0.5, 0.6) is 0 Å². The highest BCUT2D eigenvalue weighted by Crippen LogP contribution is 2.45. The zero-order chi connectivity index (χ0) is 20.8. The molecule has 0 radical (unpaired) electrons. The minimum absolute atomic E-state index is 0.269. The molecule has 0 aromatic heterocycles. The lowest BCUT2D eigenvalue weighted by molar-refractivity contribution is -0.152. The van der Waals surface area contributed by atoms with Crippen molar-refractivity contribution in [2.24, 2.45) is 17.8 Å². The summed E-state index contributed by atoms with van der Waals surface area (Å²) in [5.41, 5.74) is 2.14. The number of piperidine rings is 1. The molecule has 0 N–H and O–H groups in total. The van der Waals surface area contributed by atoms with Gasteiger partial charge >= 0.3 is 12.1 Å². The number of amides is 1. The van der Waals surface area contributed by atoms with Crippen LogP contribution in [0.15, 0.2) is 36.4 Å². The zero-order valence-corrected chi connectivity index (χ0v) is 17.0. The van der Waals surface area contributed by atoms with Crippen LogP contribution in [0.1, 0.15) is 38.2 Å². The molecule has 1 aliphatic carbocycles. The second kappa shape index (κ2) is 9.60. The molecule has 1 heterocycles. The molecule has 1 saturated carbocycles. The van der Waals surface area contributed by atoms with E-state index in [-0.39, 0.29) is 18.5 Å². The van der Waals surface area contributed by atoms with Crippen LogP contribution in [0.25, 0.3) is 5.57 Å². The summed E-state index contributed by atoms with van der Waals surface area (Å²) < 4.78 is 10.1. The molecule has 6 heteroatoms. The van der Waals surface area contributed by atoms with Crippen molar-refractivity contribution in [1.29, 1.82) is 5.26 Å². The van der Waals surface area contributed by atoms with E-state index in [0.29, 0.717) is 24.8 Å². The average Bonchev–Trinajstić information content (AvgIpc) is 2.76. The van der Waals surface area contributed by atoms with Gasteiger partial charge in [-0.25, -0.2) is 9.59 Å². The van der Waals surface area contributed by atoms with Crippen LogP contribution in [0.3, 0.4) is 0 Å². The third-order valence-corrected chi connectivity index (χ3v) is 6.21. The van der Waals surface area contributed by atoms with E-state index < -0.39 is 12.1 Å². The smallest absolute Gasteiger partial charge is 0.410 e. The largest absolute Gasteiger partial charge is 0.464 e. The molecule has 4 unspecified atom stereocenters. The van der Waals surface area contributed by atoms with Gasteiger partial charge in [0.15, 0.2) is 0 Å². The van der Waals surface area contributed by atoms with Gasteiger partial charge in [0.25, 0.3) is 0 Å². The molecule has 2 fully saturated rings. The Morgan fingerprint density at radius 3 is 2.62 bits per heavy atom. The summed E-state index contributed by atoms with van der Waals surface area (Å²) >= 11 is 0. The highest BCUT2D eigenvalue weighted by molar-refractivity contribution is 5.81. The van der Waals surface area contributed by atoms with E-state index in [1.54, 1.807) is 13.0 Å². The third-order valence-electron chi connectivity index (χ3n) is 6.21. The highest BCUT2D eigenvalue weighted by Gasteiger charge is 2.45. The maximum absolute atomic E-state index is 12.5. The lowest BCUT2D eigenvalue weighted by Crippen LogP contribution is -2.55. The Kier molecular flexibility index (Phi) is 6.92. The van der Waals surface area contributed by atoms with Gasteiger partial charge in [-0.15, -0.1) is 0 Å². The third kappa shape index (κ3) is 4.61. The van der Waals surface area contributed by atoms with Crippen molar-refractivity contribution >= 4 is 17.6 Å². The van der Waals surface area contributed by atoms with E-state index in [0.717, 1.165) is 30.4 Å². The number of rotatable bonds is 4. The number of benzene rings is 1. The Morgan fingerprint density at radius 1 is 1.21 bits per heavy atom. The molecule has 154 valence electrons. The summed E-state index contributed by atoms with van der Waals surface area (Å²) in [5.74, 6) is 0.533. The molecular formula is C23H28N2O4. The highest BCUT2D eigenvalue weighted by atomic mass is 16.6. The fourth-order valence-corrected chi connectivity index (χ4v) is 4.85. The lowest BCUT2D eigenvalue weighted by Gasteiger charge is -2.46. The van der Waals surface area contributed by atoms with Crippen LogP contribution >= 0.6 is 0 Å². The molecular weight excluding hydrogens is 368 g/mol. The van der Waals surface area contributed by atoms with Crippen molar-refractivity contribution < 1.29 is 19.1 Å². The number of carbonyl (C=O) groups excluding carboxylic acids is 2. The standard InChI is InChI=1S/C23H28N2O4/c1-3-29-22(26)21-14-19-13-17(9-10-18(19)15-25(21)23(27)28-2)20(11-12-24)16-7-5-4-6-8-16/h4-8,11,17-19,21H,3,9-10,13-15H2,1-2H3/b20-11+. The predicted molar refractivity (Wildman–Crippen MR) is 109 cm³/mol. The van der Waals surface area contributed by atoms with Gasteiger partial charge in [0.1, 0.15) is 6.04 Å². The molecule has 1 aliphatic heterocycles. The Balaban J connectivity index is 1.80. The summed E-state index contributed by atoms with van der Waals surface area (Å²) in [6, 6.07) is 11.6. The minimum Gasteiger partial charge on any atom is -0.464 e. The van der Waals surface area contributed by atoms with Gasteiger partial charge in [-0.05, 0) is 61.5 Å². The molecule has 2 aliphatic rings. The SMILES string of the molecule is CCOC(=O)C1CC2CC(/C(=C/C#N)c3ccccc3)CCC2CN1C(=O)OC. The van der Waals surface area contributed by atoms with E-state index >= 15 is 0 Å².